The number of allylic oxidation sites excluding steroid dienone is 1. The third-order valence-electron chi connectivity index (χ3n) is 3.70. The molecule has 2 rings (SSSR count). The molecule has 26 heavy (non-hydrogen) atoms. The topological polar surface area (TPSA) is 38.8 Å². The molecule has 138 valence electrons. The van der Waals surface area contributed by atoms with E-state index in [4.69, 9.17) is 21.1 Å². The van der Waals surface area contributed by atoms with Crippen LogP contribution in [0.1, 0.15) is 29.8 Å². The number of ether oxygens (including phenoxy) is 2. The van der Waals surface area contributed by atoms with Crippen molar-refractivity contribution < 1.29 is 14.3 Å². The van der Waals surface area contributed by atoms with Crippen LogP contribution in [0.25, 0.3) is 6.08 Å². The standard InChI is InChI=1S/C21H24ClNO3/c1-14(2)26-21-18(22)12-15(13-20(21)25-5)6-11-19(24)16-7-9-17(10-8-16)23(3)4/h6-14H,1-5H3/b11-6+. The molecule has 2 aromatic carbocycles. The summed E-state index contributed by atoms with van der Waals surface area (Å²) >= 11 is 6.31. The number of ketones is 1. The lowest BCUT2D eigenvalue weighted by atomic mass is 10.1. The van der Waals surface area contributed by atoms with Gasteiger partial charge in [0.15, 0.2) is 17.3 Å². The summed E-state index contributed by atoms with van der Waals surface area (Å²) in [5, 5.41) is 0.445. The zero-order valence-electron chi connectivity index (χ0n) is 15.7. The average molecular weight is 374 g/mol. The molecule has 0 aliphatic heterocycles. The Labute approximate surface area is 160 Å². The second-order valence-electron chi connectivity index (χ2n) is 6.34. The first-order valence-electron chi connectivity index (χ1n) is 8.35. The van der Waals surface area contributed by atoms with Gasteiger partial charge in [0.1, 0.15) is 0 Å². The quantitative estimate of drug-likeness (QED) is 0.500. The zero-order valence-corrected chi connectivity index (χ0v) is 16.5. The molecular formula is C21H24ClNO3. The Hall–Kier alpha value is -2.46. The monoisotopic (exact) mass is 373 g/mol. The van der Waals surface area contributed by atoms with E-state index in [0.29, 0.717) is 22.1 Å². The lowest BCUT2D eigenvalue weighted by molar-refractivity contribution is 0.104. The summed E-state index contributed by atoms with van der Waals surface area (Å²) in [5.41, 5.74) is 2.44. The molecule has 2 aromatic rings. The third kappa shape index (κ3) is 5.02. The molecule has 0 radical (unpaired) electrons. The maximum absolute atomic E-state index is 12.4. The van der Waals surface area contributed by atoms with Crippen LogP contribution in [-0.4, -0.2) is 33.1 Å². The van der Waals surface area contributed by atoms with Crippen molar-refractivity contribution in [2.75, 3.05) is 26.1 Å². The highest BCUT2D eigenvalue weighted by molar-refractivity contribution is 6.32. The highest BCUT2D eigenvalue weighted by atomic mass is 35.5. The molecule has 0 aliphatic rings. The summed E-state index contributed by atoms with van der Waals surface area (Å²) in [7, 11) is 5.48. The Morgan fingerprint density at radius 3 is 2.35 bits per heavy atom. The summed E-state index contributed by atoms with van der Waals surface area (Å²) < 4.78 is 11.1. The van der Waals surface area contributed by atoms with Crippen molar-refractivity contribution in [2.24, 2.45) is 0 Å². The first kappa shape index (κ1) is 19.9. The van der Waals surface area contributed by atoms with Gasteiger partial charge in [0.05, 0.1) is 18.2 Å². The molecule has 0 N–H and O–H groups in total. The van der Waals surface area contributed by atoms with Crippen molar-refractivity contribution in [1.82, 2.24) is 0 Å². The maximum atomic E-state index is 12.4. The molecule has 0 atom stereocenters. The molecule has 0 saturated carbocycles. The van der Waals surface area contributed by atoms with Crippen molar-refractivity contribution in [3.8, 4) is 11.5 Å². The first-order chi connectivity index (χ1) is 12.3. The lowest BCUT2D eigenvalue weighted by Crippen LogP contribution is -2.08. The summed E-state index contributed by atoms with van der Waals surface area (Å²) in [5.74, 6) is 0.966. The number of hydrogen-bond donors (Lipinski definition) is 0. The second-order valence-corrected chi connectivity index (χ2v) is 6.75. The van der Waals surface area contributed by atoms with Gasteiger partial charge in [-0.15, -0.1) is 0 Å². The molecule has 5 heteroatoms. The van der Waals surface area contributed by atoms with Crippen molar-refractivity contribution in [2.45, 2.75) is 20.0 Å². The maximum Gasteiger partial charge on any atom is 0.185 e. The van der Waals surface area contributed by atoms with E-state index in [9.17, 15) is 4.79 Å². The highest BCUT2D eigenvalue weighted by Gasteiger charge is 2.13. The smallest absolute Gasteiger partial charge is 0.185 e. The van der Waals surface area contributed by atoms with Gasteiger partial charge in [-0.1, -0.05) is 17.7 Å². The van der Waals surface area contributed by atoms with Gasteiger partial charge in [0.2, 0.25) is 0 Å². The lowest BCUT2D eigenvalue weighted by Gasteiger charge is -2.15. The van der Waals surface area contributed by atoms with Crippen LogP contribution in [0.15, 0.2) is 42.5 Å². The van der Waals surface area contributed by atoms with Crippen LogP contribution < -0.4 is 14.4 Å². The molecule has 4 nitrogen and oxygen atoms in total. The SMILES string of the molecule is COc1cc(/C=C/C(=O)c2ccc(N(C)C)cc2)cc(Cl)c1OC(C)C. The van der Waals surface area contributed by atoms with E-state index in [1.54, 1.807) is 25.3 Å². The van der Waals surface area contributed by atoms with Gasteiger partial charge >= 0.3 is 0 Å². The molecule has 0 bridgehead atoms. The fourth-order valence-electron chi connectivity index (χ4n) is 2.38. The molecule has 0 saturated heterocycles. The molecule has 0 spiro atoms. The van der Waals surface area contributed by atoms with Crippen LogP contribution in [0.5, 0.6) is 11.5 Å². The van der Waals surface area contributed by atoms with Gasteiger partial charge in [0, 0.05) is 25.3 Å². The fourth-order valence-corrected chi connectivity index (χ4v) is 2.64. The molecule has 0 heterocycles. The molecule has 0 fully saturated rings. The Balaban J connectivity index is 2.21. The van der Waals surface area contributed by atoms with E-state index in [-0.39, 0.29) is 11.9 Å². The molecule has 0 amide bonds. The number of hydrogen-bond acceptors (Lipinski definition) is 4. The van der Waals surface area contributed by atoms with Crippen LogP contribution in [0.3, 0.4) is 0 Å². The average Bonchev–Trinajstić information content (AvgIpc) is 2.61. The van der Waals surface area contributed by atoms with Crippen molar-refractivity contribution in [1.29, 1.82) is 0 Å². The molecular weight excluding hydrogens is 350 g/mol. The van der Waals surface area contributed by atoms with Gasteiger partial charge in [-0.05, 0) is 61.9 Å². The largest absolute Gasteiger partial charge is 0.493 e. The molecule has 0 unspecified atom stereocenters. The van der Waals surface area contributed by atoms with E-state index in [1.807, 2.05) is 57.1 Å². The number of anilines is 1. The van der Waals surface area contributed by atoms with Gasteiger partial charge in [0.25, 0.3) is 0 Å². The van der Waals surface area contributed by atoms with Crippen LogP contribution >= 0.6 is 11.6 Å². The Morgan fingerprint density at radius 2 is 1.81 bits per heavy atom. The van der Waals surface area contributed by atoms with E-state index >= 15 is 0 Å². The van der Waals surface area contributed by atoms with Crippen LogP contribution in [0.2, 0.25) is 5.02 Å². The normalized spacial score (nSPS) is 11.0. The number of methoxy groups -OCH3 is 1. The van der Waals surface area contributed by atoms with E-state index in [2.05, 4.69) is 0 Å². The van der Waals surface area contributed by atoms with Gasteiger partial charge in [-0.2, -0.15) is 0 Å². The predicted octanol–water partition coefficient (Wildman–Crippen LogP) is 5.10. The number of halogens is 1. The summed E-state index contributed by atoms with van der Waals surface area (Å²) in [6.07, 6.45) is 3.23. The minimum atomic E-state index is -0.0760. The van der Waals surface area contributed by atoms with Gasteiger partial charge in [-0.3, -0.25) is 4.79 Å². The third-order valence-corrected chi connectivity index (χ3v) is 3.98. The van der Waals surface area contributed by atoms with E-state index < -0.39 is 0 Å². The number of nitrogens with zero attached hydrogens (tertiary/aromatic N) is 1. The Bertz CT molecular complexity index is 796. The predicted molar refractivity (Wildman–Crippen MR) is 108 cm³/mol. The first-order valence-corrected chi connectivity index (χ1v) is 8.73. The fraction of sp³-hybridized carbons (Fsp3) is 0.286. The van der Waals surface area contributed by atoms with E-state index in [0.717, 1.165) is 11.3 Å². The van der Waals surface area contributed by atoms with E-state index in [1.165, 1.54) is 6.08 Å². The van der Waals surface area contributed by atoms with Crippen LogP contribution in [0, 0.1) is 0 Å². The van der Waals surface area contributed by atoms with Crippen molar-refractivity contribution in [3.63, 3.8) is 0 Å². The Morgan fingerprint density at radius 1 is 1.15 bits per heavy atom. The summed E-state index contributed by atoms with van der Waals surface area (Å²) in [4.78, 5) is 14.3. The van der Waals surface area contributed by atoms with Crippen molar-refractivity contribution >= 4 is 29.1 Å². The molecule has 0 aromatic heterocycles. The van der Waals surface area contributed by atoms with Gasteiger partial charge in [-0.25, -0.2) is 0 Å². The minimum Gasteiger partial charge on any atom is -0.493 e. The molecule has 0 aliphatic carbocycles. The zero-order chi connectivity index (χ0) is 19.3. The number of carbonyl (C=O) groups excluding carboxylic acids is 1. The minimum absolute atomic E-state index is 0.0190. The number of benzene rings is 2. The van der Waals surface area contributed by atoms with Crippen LogP contribution in [0.4, 0.5) is 5.69 Å². The summed E-state index contributed by atoms with van der Waals surface area (Å²) in [6.45, 7) is 3.84. The summed E-state index contributed by atoms with van der Waals surface area (Å²) in [6, 6.07) is 11.0. The second kappa shape index (κ2) is 8.77. The number of carbonyl (C=O) groups is 1. The number of rotatable bonds is 7. The van der Waals surface area contributed by atoms with Gasteiger partial charge < -0.3 is 14.4 Å². The van der Waals surface area contributed by atoms with Crippen LogP contribution in [-0.2, 0) is 0 Å². The highest BCUT2D eigenvalue weighted by Crippen LogP contribution is 2.37. The Kier molecular flexibility index (Phi) is 6.70. The van der Waals surface area contributed by atoms with Crippen molar-refractivity contribution in [3.05, 3.63) is 58.6 Å².